The van der Waals surface area contributed by atoms with Gasteiger partial charge in [0, 0.05) is 37.4 Å². The van der Waals surface area contributed by atoms with E-state index in [2.05, 4.69) is 15.6 Å². The van der Waals surface area contributed by atoms with E-state index in [1.54, 1.807) is 13.1 Å². The first-order valence-electron chi connectivity index (χ1n) is 6.43. The van der Waals surface area contributed by atoms with Crippen molar-refractivity contribution in [2.45, 2.75) is 25.8 Å². The third kappa shape index (κ3) is 4.60. The second-order valence-electron chi connectivity index (χ2n) is 4.79. The molecular weight excluding hydrogens is 264 g/mol. The molecule has 0 saturated carbocycles. The highest BCUT2D eigenvalue weighted by molar-refractivity contribution is 7.13. The Bertz CT molecular complexity index is 427. The van der Waals surface area contributed by atoms with Crippen molar-refractivity contribution in [3.05, 3.63) is 11.6 Å². The lowest BCUT2D eigenvalue weighted by molar-refractivity contribution is -0.897. The van der Waals surface area contributed by atoms with Gasteiger partial charge in [-0.05, 0) is 0 Å². The van der Waals surface area contributed by atoms with Crippen molar-refractivity contribution >= 4 is 28.3 Å². The van der Waals surface area contributed by atoms with Crippen molar-refractivity contribution in [1.29, 1.82) is 0 Å². The lowest BCUT2D eigenvalue weighted by atomic mass is 10.1. The van der Waals surface area contributed by atoms with E-state index in [-0.39, 0.29) is 17.9 Å². The van der Waals surface area contributed by atoms with E-state index in [1.165, 1.54) is 16.2 Å². The van der Waals surface area contributed by atoms with E-state index in [0.717, 1.165) is 25.9 Å². The predicted molar refractivity (Wildman–Crippen MR) is 73.1 cm³/mol. The zero-order valence-corrected chi connectivity index (χ0v) is 11.8. The lowest BCUT2D eigenvalue weighted by Crippen LogP contribution is -3.14. The number of likely N-dealkylation sites (tertiary alicyclic amines) is 1. The van der Waals surface area contributed by atoms with Crippen LogP contribution in [0.15, 0.2) is 11.6 Å². The van der Waals surface area contributed by atoms with Crippen molar-refractivity contribution in [1.82, 2.24) is 10.3 Å². The highest BCUT2D eigenvalue weighted by Gasteiger charge is 2.24. The van der Waals surface area contributed by atoms with Gasteiger partial charge in [-0.2, -0.15) is 0 Å². The van der Waals surface area contributed by atoms with Crippen molar-refractivity contribution in [2.24, 2.45) is 0 Å². The molecule has 3 N–H and O–H groups in total. The minimum Gasteiger partial charge on any atom is -0.353 e. The number of nitrogens with one attached hydrogen (secondary N) is 3. The van der Waals surface area contributed by atoms with E-state index < -0.39 is 0 Å². The van der Waals surface area contributed by atoms with Crippen molar-refractivity contribution in [3.8, 4) is 0 Å². The second-order valence-corrected chi connectivity index (χ2v) is 5.68. The first kappa shape index (κ1) is 14.0. The first-order valence-corrected chi connectivity index (χ1v) is 7.31. The van der Waals surface area contributed by atoms with Crippen LogP contribution in [0.25, 0.3) is 0 Å². The summed E-state index contributed by atoms with van der Waals surface area (Å²) in [4.78, 5) is 28.0. The van der Waals surface area contributed by atoms with Gasteiger partial charge in [0.1, 0.15) is 0 Å². The molecule has 0 atom stereocenters. The van der Waals surface area contributed by atoms with Gasteiger partial charge in [-0.25, -0.2) is 4.98 Å². The average molecular weight is 283 g/mol. The fraction of sp³-hybridized carbons (Fsp3) is 0.583. The molecule has 0 bridgehead atoms. The molecular formula is C12H19N4O2S+. The SMILES string of the molecule is CC(=O)NC1CC[NH+](CC(=O)Nc2nccs2)CC1. The lowest BCUT2D eigenvalue weighted by Gasteiger charge is -2.28. The van der Waals surface area contributed by atoms with Crippen molar-refractivity contribution in [3.63, 3.8) is 0 Å². The number of thiazole rings is 1. The summed E-state index contributed by atoms with van der Waals surface area (Å²) in [7, 11) is 0. The van der Waals surface area contributed by atoms with E-state index in [0.29, 0.717) is 11.7 Å². The third-order valence-electron chi connectivity index (χ3n) is 3.19. The number of quaternary nitrogens is 1. The van der Waals surface area contributed by atoms with Gasteiger partial charge in [-0.15, -0.1) is 11.3 Å². The standard InChI is InChI=1S/C12H18N4O2S/c1-9(17)14-10-2-5-16(6-3-10)8-11(18)15-12-13-4-7-19-12/h4,7,10H,2-3,5-6,8H2,1H3,(H,14,17)(H,13,15,18)/p+1. The highest BCUT2D eigenvalue weighted by atomic mass is 32.1. The van der Waals surface area contributed by atoms with Crippen LogP contribution in [0.5, 0.6) is 0 Å². The van der Waals surface area contributed by atoms with Gasteiger partial charge in [-0.3, -0.25) is 14.9 Å². The number of aromatic nitrogens is 1. The van der Waals surface area contributed by atoms with E-state index >= 15 is 0 Å². The molecule has 1 aromatic rings. The Kier molecular flexibility index (Phi) is 4.86. The number of hydrogen-bond donors (Lipinski definition) is 3. The molecule has 0 radical (unpaired) electrons. The van der Waals surface area contributed by atoms with E-state index in [4.69, 9.17) is 0 Å². The maximum Gasteiger partial charge on any atom is 0.281 e. The maximum absolute atomic E-state index is 11.8. The van der Waals surface area contributed by atoms with Gasteiger partial charge in [0.2, 0.25) is 5.91 Å². The molecule has 1 aliphatic rings. The van der Waals surface area contributed by atoms with Crippen LogP contribution in [0.2, 0.25) is 0 Å². The molecule has 2 amide bonds. The molecule has 2 heterocycles. The Labute approximate surface area is 116 Å². The highest BCUT2D eigenvalue weighted by Crippen LogP contribution is 2.09. The summed E-state index contributed by atoms with van der Waals surface area (Å²) in [6.07, 6.45) is 3.53. The smallest absolute Gasteiger partial charge is 0.281 e. The summed E-state index contributed by atoms with van der Waals surface area (Å²) >= 11 is 1.42. The molecule has 0 aliphatic carbocycles. The third-order valence-corrected chi connectivity index (χ3v) is 3.88. The van der Waals surface area contributed by atoms with Gasteiger partial charge in [0.25, 0.3) is 5.91 Å². The summed E-state index contributed by atoms with van der Waals surface area (Å²) in [6.45, 7) is 3.83. The molecule has 0 unspecified atom stereocenters. The number of carbonyl (C=O) groups is 2. The van der Waals surface area contributed by atoms with Crippen molar-refractivity contribution in [2.75, 3.05) is 25.0 Å². The fourth-order valence-electron chi connectivity index (χ4n) is 2.31. The van der Waals surface area contributed by atoms with Crippen LogP contribution in [0, 0.1) is 0 Å². The zero-order chi connectivity index (χ0) is 13.7. The Morgan fingerprint density at radius 1 is 1.47 bits per heavy atom. The average Bonchev–Trinajstić information content (AvgIpc) is 2.83. The van der Waals surface area contributed by atoms with Gasteiger partial charge in [-0.1, -0.05) is 0 Å². The second kappa shape index (κ2) is 6.63. The monoisotopic (exact) mass is 283 g/mol. The molecule has 0 aromatic carbocycles. The number of anilines is 1. The van der Waals surface area contributed by atoms with Gasteiger partial charge < -0.3 is 10.2 Å². The van der Waals surface area contributed by atoms with Crippen LogP contribution >= 0.6 is 11.3 Å². The molecule has 104 valence electrons. The zero-order valence-electron chi connectivity index (χ0n) is 10.9. The number of nitrogens with zero attached hydrogens (tertiary/aromatic N) is 1. The quantitative estimate of drug-likeness (QED) is 0.681. The molecule has 1 aliphatic heterocycles. The molecule has 2 rings (SSSR count). The van der Waals surface area contributed by atoms with Gasteiger partial charge in [0.05, 0.1) is 13.1 Å². The van der Waals surface area contributed by atoms with Crippen LogP contribution in [0.3, 0.4) is 0 Å². The minimum absolute atomic E-state index is 0.00271. The van der Waals surface area contributed by atoms with Crippen molar-refractivity contribution < 1.29 is 14.5 Å². The summed E-state index contributed by atoms with van der Waals surface area (Å²) in [5.41, 5.74) is 0. The molecule has 7 heteroatoms. The predicted octanol–water partition coefficient (Wildman–Crippen LogP) is -0.735. The first-order chi connectivity index (χ1) is 9.13. The van der Waals surface area contributed by atoms with Crippen LogP contribution < -0.4 is 15.5 Å². The number of amides is 2. The Balaban J connectivity index is 1.70. The summed E-state index contributed by atoms with van der Waals surface area (Å²) in [6, 6.07) is 0.267. The maximum atomic E-state index is 11.8. The summed E-state index contributed by atoms with van der Waals surface area (Å²) in [5.74, 6) is 0.0258. The van der Waals surface area contributed by atoms with Crippen LogP contribution in [0.4, 0.5) is 5.13 Å². The number of piperidine rings is 1. The Morgan fingerprint density at radius 3 is 2.79 bits per heavy atom. The molecule has 6 nitrogen and oxygen atoms in total. The summed E-state index contributed by atoms with van der Waals surface area (Å²) in [5, 5.41) is 8.21. The Morgan fingerprint density at radius 2 is 2.21 bits per heavy atom. The topological polar surface area (TPSA) is 75.5 Å². The largest absolute Gasteiger partial charge is 0.353 e. The molecule has 1 saturated heterocycles. The number of carbonyl (C=O) groups excluding carboxylic acids is 2. The van der Waals surface area contributed by atoms with E-state index in [1.807, 2.05) is 5.38 Å². The van der Waals surface area contributed by atoms with Crippen LogP contribution in [-0.2, 0) is 9.59 Å². The van der Waals surface area contributed by atoms with Crippen LogP contribution in [0.1, 0.15) is 19.8 Å². The van der Waals surface area contributed by atoms with Gasteiger partial charge >= 0.3 is 0 Å². The minimum atomic E-state index is 0.00271. The number of rotatable bonds is 4. The fourth-order valence-corrected chi connectivity index (χ4v) is 2.86. The van der Waals surface area contributed by atoms with Gasteiger partial charge in [0.15, 0.2) is 11.7 Å². The summed E-state index contributed by atoms with van der Waals surface area (Å²) < 4.78 is 0. The Hall–Kier alpha value is -1.47. The number of hydrogen-bond acceptors (Lipinski definition) is 4. The molecule has 0 spiro atoms. The molecule has 1 aromatic heterocycles. The van der Waals surface area contributed by atoms with Crippen LogP contribution in [-0.4, -0.2) is 42.5 Å². The molecule has 19 heavy (non-hydrogen) atoms. The normalized spacial score (nSPS) is 22.8. The molecule has 1 fully saturated rings. The van der Waals surface area contributed by atoms with E-state index in [9.17, 15) is 9.59 Å².